The zero-order valence-electron chi connectivity index (χ0n) is 12.8. The van der Waals surface area contributed by atoms with E-state index in [1.165, 1.54) is 4.90 Å². The van der Waals surface area contributed by atoms with Gasteiger partial charge in [0.25, 0.3) is 10.1 Å². The van der Waals surface area contributed by atoms with Gasteiger partial charge in [0.1, 0.15) is 0 Å². The average molecular weight is 398 g/mol. The van der Waals surface area contributed by atoms with Crippen LogP contribution in [0.5, 0.6) is 0 Å². The Kier molecular flexibility index (Phi) is 6.33. The number of ether oxygens (including phenoxy) is 1. The number of halogens is 2. The average Bonchev–Trinajstić information content (AvgIpc) is 2.70. The molecule has 0 radical (unpaired) electrons. The van der Waals surface area contributed by atoms with Gasteiger partial charge in [0.2, 0.25) is 0 Å². The molecule has 1 aliphatic heterocycles. The van der Waals surface area contributed by atoms with Crippen molar-refractivity contribution in [3.63, 3.8) is 0 Å². The van der Waals surface area contributed by atoms with Crippen molar-refractivity contribution >= 4 is 39.4 Å². The summed E-state index contributed by atoms with van der Waals surface area (Å²) in [5.41, 5.74) is 0.679. The minimum Gasteiger partial charge on any atom is -0.465 e. The van der Waals surface area contributed by atoms with Crippen molar-refractivity contribution in [1.29, 1.82) is 0 Å². The summed E-state index contributed by atoms with van der Waals surface area (Å²) in [5.74, 6) is -0.518. The smallest absolute Gasteiger partial charge is 0.407 e. The lowest BCUT2D eigenvalue weighted by Gasteiger charge is -2.26. The molecule has 24 heavy (non-hydrogen) atoms. The molecule has 0 spiro atoms. The van der Waals surface area contributed by atoms with Crippen molar-refractivity contribution in [3.05, 3.63) is 33.8 Å². The van der Waals surface area contributed by atoms with Gasteiger partial charge in [-0.25, -0.2) is 4.79 Å². The van der Waals surface area contributed by atoms with Crippen LogP contribution in [0.3, 0.4) is 0 Å². The van der Waals surface area contributed by atoms with Crippen LogP contribution in [0.2, 0.25) is 10.0 Å². The van der Waals surface area contributed by atoms with Gasteiger partial charge >= 0.3 is 6.09 Å². The molecule has 7 nitrogen and oxygen atoms in total. The van der Waals surface area contributed by atoms with E-state index in [-0.39, 0.29) is 26.3 Å². The molecule has 134 valence electrons. The molecular formula is C14H17Cl2NO6S. The van der Waals surface area contributed by atoms with E-state index in [0.29, 0.717) is 15.6 Å². The molecule has 1 aromatic rings. The molecule has 1 fully saturated rings. The van der Waals surface area contributed by atoms with Crippen LogP contribution < -0.4 is 0 Å². The predicted molar refractivity (Wildman–Crippen MR) is 89.0 cm³/mol. The van der Waals surface area contributed by atoms with Gasteiger partial charge in [-0.2, -0.15) is 8.42 Å². The number of rotatable bonds is 4. The van der Waals surface area contributed by atoms with Crippen LogP contribution in [-0.4, -0.2) is 57.1 Å². The van der Waals surface area contributed by atoms with Crippen LogP contribution >= 0.6 is 23.2 Å². The van der Waals surface area contributed by atoms with E-state index in [0.717, 1.165) is 6.26 Å². The van der Waals surface area contributed by atoms with Gasteiger partial charge < -0.3 is 14.7 Å². The number of hydrogen-bond donors (Lipinski definition) is 1. The third-order valence-corrected chi connectivity index (χ3v) is 4.88. The predicted octanol–water partition coefficient (Wildman–Crippen LogP) is 2.64. The van der Waals surface area contributed by atoms with Crippen LogP contribution in [0.1, 0.15) is 11.7 Å². The van der Waals surface area contributed by atoms with Gasteiger partial charge in [-0.1, -0.05) is 29.3 Å². The molecule has 2 atom stereocenters. The summed E-state index contributed by atoms with van der Waals surface area (Å²) in [7, 11) is -3.66. The van der Waals surface area contributed by atoms with E-state index in [1.807, 2.05) is 0 Å². The molecule has 2 rings (SSSR count). The summed E-state index contributed by atoms with van der Waals surface area (Å²) in [5, 5.41) is 9.93. The third-order valence-electron chi connectivity index (χ3n) is 3.58. The highest BCUT2D eigenvalue weighted by Crippen LogP contribution is 2.33. The number of benzene rings is 1. The fourth-order valence-corrected chi connectivity index (χ4v) is 3.21. The zero-order chi connectivity index (χ0) is 17.9. The standard InChI is InChI=1S/C14H17Cl2NO6S/c1-24(20,21)23-8-10-7-17(14(18)19)4-5-22-13(10)9-2-3-11(15)12(16)6-9/h2-3,6,10,13H,4-5,7-8H2,1H3,(H,18,19)/t10-,13-/m1/s1. The zero-order valence-corrected chi connectivity index (χ0v) is 15.1. The molecule has 1 aromatic carbocycles. The van der Waals surface area contributed by atoms with E-state index in [1.54, 1.807) is 18.2 Å². The fraction of sp³-hybridized carbons (Fsp3) is 0.500. The molecule has 10 heteroatoms. The lowest BCUT2D eigenvalue weighted by molar-refractivity contribution is 0.0163. The number of amides is 1. The normalized spacial score (nSPS) is 22.2. The molecule has 1 aliphatic rings. The molecule has 0 unspecified atom stereocenters. The number of carbonyl (C=O) groups is 1. The summed E-state index contributed by atoms with van der Waals surface area (Å²) >= 11 is 11.9. The summed E-state index contributed by atoms with van der Waals surface area (Å²) in [6, 6.07) is 4.94. The van der Waals surface area contributed by atoms with E-state index in [2.05, 4.69) is 0 Å². The minimum atomic E-state index is -3.66. The Morgan fingerprint density at radius 3 is 2.71 bits per heavy atom. The molecule has 1 amide bonds. The first kappa shape index (κ1) is 19.3. The van der Waals surface area contributed by atoms with Crippen LogP contribution in [0, 0.1) is 5.92 Å². The highest BCUT2D eigenvalue weighted by atomic mass is 35.5. The molecule has 1 heterocycles. The van der Waals surface area contributed by atoms with Gasteiger partial charge in [-0.15, -0.1) is 0 Å². The van der Waals surface area contributed by atoms with Crippen molar-refractivity contribution < 1.29 is 27.2 Å². The topological polar surface area (TPSA) is 93.1 Å². The van der Waals surface area contributed by atoms with E-state index < -0.39 is 28.2 Å². The Bertz CT molecular complexity index is 711. The second-order valence-electron chi connectivity index (χ2n) is 5.44. The van der Waals surface area contributed by atoms with Crippen molar-refractivity contribution in [2.45, 2.75) is 6.10 Å². The molecule has 1 saturated heterocycles. The van der Waals surface area contributed by atoms with Crippen molar-refractivity contribution in [3.8, 4) is 0 Å². The molecule has 0 saturated carbocycles. The molecule has 0 aromatic heterocycles. The maximum Gasteiger partial charge on any atom is 0.407 e. The van der Waals surface area contributed by atoms with Crippen molar-refractivity contribution in [2.24, 2.45) is 5.92 Å². The number of hydrogen-bond acceptors (Lipinski definition) is 5. The largest absolute Gasteiger partial charge is 0.465 e. The highest BCUT2D eigenvalue weighted by molar-refractivity contribution is 7.85. The number of carboxylic acid groups (broad SMARTS) is 1. The summed E-state index contributed by atoms with van der Waals surface area (Å²) in [6.07, 6.45) is -0.725. The lowest BCUT2D eigenvalue weighted by atomic mass is 9.96. The second-order valence-corrected chi connectivity index (χ2v) is 7.90. The van der Waals surface area contributed by atoms with E-state index in [9.17, 15) is 18.3 Å². The molecule has 0 bridgehead atoms. The van der Waals surface area contributed by atoms with Gasteiger partial charge in [-0.05, 0) is 17.7 Å². The monoisotopic (exact) mass is 397 g/mol. The van der Waals surface area contributed by atoms with Crippen LogP contribution in [0.15, 0.2) is 18.2 Å². The van der Waals surface area contributed by atoms with E-state index >= 15 is 0 Å². The second kappa shape index (κ2) is 7.88. The van der Waals surface area contributed by atoms with Gasteiger partial charge in [0, 0.05) is 19.0 Å². The Labute approximate surface area is 150 Å². The quantitative estimate of drug-likeness (QED) is 0.784. The molecular weight excluding hydrogens is 381 g/mol. The van der Waals surface area contributed by atoms with Crippen LogP contribution in [-0.2, 0) is 19.0 Å². The minimum absolute atomic E-state index is 0.0791. The first-order chi connectivity index (χ1) is 11.2. The van der Waals surface area contributed by atoms with Crippen LogP contribution in [0.4, 0.5) is 4.79 Å². The van der Waals surface area contributed by atoms with E-state index in [4.69, 9.17) is 32.1 Å². The Balaban J connectivity index is 2.29. The van der Waals surface area contributed by atoms with Crippen molar-refractivity contribution in [1.82, 2.24) is 4.90 Å². The van der Waals surface area contributed by atoms with Crippen LogP contribution in [0.25, 0.3) is 0 Å². The van der Waals surface area contributed by atoms with Gasteiger partial charge in [0.15, 0.2) is 0 Å². The molecule has 1 N–H and O–H groups in total. The summed E-state index contributed by atoms with van der Waals surface area (Å²) < 4.78 is 33.2. The Morgan fingerprint density at radius 2 is 2.12 bits per heavy atom. The third kappa shape index (κ3) is 5.22. The first-order valence-corrected chi connectivity index (χ1v) is 9.63. The maximum absolute atomic E-state index is 11.3. The van der Waals surface area contributed by atoms with Crippen molar-refractivity contribution in [2.75, 3.05) is 32.6 Å². The lowest BCUT2D eigenvalue weighted by Crippen LogP contribution is -2.36. The van der Waals surface area contributed by atoms with Gasteiger partial charge in [-0.3, -0.25) is 4.18 Å². The maximum atomic E-state index is 11.3. The summed E-state index contributed by atoms with van der Waals surface area (Å²) in [6.45, 7) is 0.235. The highest BCUT2D eigenvalue weighted by Gasteiger charge is 2.32. The molecule has 0 aliphatic carbocycles. The first-order valence-electron chi connectivity index (χ1n) is 7.06. The van der Waals surface area contributed by atoms with Gasteiger partial charge in [0.05, 0.1) is 35.6 Å². The Hall–Kier alpha value is -1.06. The number of nitrogens with zero attached hydrogens (tertiary/aromatic N) is 1. The summed E-state index contributed by atoms with van der Waals surface area (Å²) in [4.78, 5) is 12.4. The fourth-order valence-electron chi connectivity index (χ4n) is 2.48. The Morgan fingerprint density at radius 1 is 1.42 bits per heavy atom. The SMILES string of the molecule is CS(=O)(=O)OC[C@H]1CN(C(=O)O)CCO[C@@H]1c1ccc(Cl)c(Cl)c1.